The molecule has 0 atom stereocenters. The quantitative estimate of drug-likeness (QED) is 0.739. The predicted octanol–water partition coefficient (Wildman–Crippen LogP) is 4.14. The maximum atomic E-state index is 5.71. The van der Waals surface area contributed by atoms with Crippen LogP contribution in [-0.2, 0) is 6.42 Å². The molecule has 0 saturated heterocycles. The van der Waals surface area contributed by atoms with E-state index in [1.165, 1.54) is 5.56 Å². The van der Waals surface area contributed by atoms with Crippen molar-refractivity contribution in [3.05, 3.63) is 54.1 Å². The van der Waals surface area contributed by atoms with E-state index < -0.39 is 0 Å². The standard InChI is InChI=1S/C18H23NO2/c1-3-15-8-10-17(11-9-15)21-13-12-19-16-6-5-7-18(14-16)20-4-2/h5-11,14,19H,3-4,12-13H2,1-2H3. The Balaban J connectivity index is 1.74. The number of benzene rings is 2. The first-order valence-electron chi connectivity index (χ1n) is 7.50. The zero-order valence-corrected chi connectivity index (χ0v) is 12.8. The topological polar surface area (TPSA) is 30.5 Å². The number of nitrogens with one attached hydrogen (secondary N) is 1. The molecular formula is C18H23NO2. The monoisotopic (exact) mass is 285 g/mol. The third kappa shape index (κ3) is 5.03. The first-order valence-corrected chi connectivity index (χ1v) is 7.50. The molecule has 0 aliphatic heterocycles. The van der Waals surface area contributed by atoms with Crippen LogP contribution in [0.4, 0.5) is 5.69 Å². The summed E-state index contributed by atoms with van der Waals surface area (Å²) in [5.41, 5.74) is 2.37. The maximum absolute atomic E-state index is 5.71. The second-order valence-corrected chi connectivity index (χ2v) is 4.73. The van der Waals surface area contributed by atoms with Crippen molar-refractivity contribution in [3.63, 3.8) is 0 Å². The van der Waals surface area contributed by atoms with Gasteiger partial charge < -0.3 is 14.8 Å². The van der Waals surface area contributed by atoms with Gasteiger partial charge in [0, 0.05) is 18.3 Å². The maximum Gasteiger partial charge on any atom is 0.121 e. The van der Waals surface area contributed by atoms with E-state index in [1.807, 2.05) is 43.3 Å². The summed E-state index contributed by atoms with van der Waals surface area (Å²) in [4.78, 5) is 0. The van der Waals surface area contributed by atoms with Gasteiger partial charge in [0.2, 0.25) is 0 Å². The van der Waals surface area contributed by atoms with Crippen LogP contribution in [0.2, 0.25) is 0 Å². The van der Waals surface area contributed by atoms with Crippen molar-refractivity contribution >= 4 is 5.69 Å². The number of aryl methyl sites for hydroxylation is 1. The van der Waals surface area contributed by atoms with Crippen molar-refractivity contribution in [1.82, 2.24) is 0 Å². The minimum atomic E-state index is 0.629. The Kier molecular flexibility index (Phi) is 5.95. The van der Waals surface area contributed by atoms with Gasteiger partial charge in [0.25, 0.3) is 0 Å². The number of rotatable bonds is 8. The fraction of sp³-hybridized carbons (Fsp3) is 0.333. The van der Waals surface area contributed by atoms with Crippen molar-refractivity contribution < 1.29 is 9.47 Å². The summed E-state index contributed by atoms with van der Waals surface area (Å²) < 4.78 is 11.2. The van der Waals surface area contributed by atoms with E-state index in [-0.39, 0.29) is 0 Å². The molecule has 2 aromatic carbocycles. The summed E-state index contributed by atoms with van der Waals surface area (Å²) in [6.45, 7) is 6.20. The van der Waals surface area contributed by atoms with Gasteiger partial charge in [-0.1, -0.05) is 25.1 Å². The molecule has 0 radical (unpaired) electrons. The van der Waals surface area contributed by atoms with Gasteiger partial charge in [-0.05, 0) is 43.2 Å². The van der Waals surface area contributed by atoms with Crippen molar-refractivity contribution in [1.29, 1.82) is 0 Å². The average Bonchev–Trinajstić information content (AvgIpc) is 2.53. The molecule has 2 aromatic rings. The Morgan fingerprint density at radius 1 is 0.905 bits per heavy atom. The van der Waals surface area contributed by atoms with Crippen LogP contribution in [0.1, 0.15) is 19.4 Å². The molecule has 0 fully saturated rings. The molecule has 2 rings (SSSR count). The summed E-state index contributed by atoms with van der Waals surface area (Å²) in [7, 11) is 0. The van der Waals surface area contributed by atoms with Crippen molar-refractivity contribution in [2.24, 2.45) is 0 Å². The number of anilines is 1. The van der Waals surface area contributed by atoms with Gasteiger partial charge in [0.15, 0.2) is 0 Å². The van der Waals surface area contributed by atoms with E-state index in [1.54, 1.807) is 0 Å². The lowest BCUT2D eigenvalue weighted by Crippen LogP contribution is -2.11. The van der Waals surface area contributed by atoms with Gasteiger partial charge in [-0.2, -0.15) is 0 Å². The van der Waals surface area contributed by atoms with Gasteiger partial charge in [-0.15, -0.1) is 0 Å². The summed E-state index contributed by atoms with van der Waals surface area (Å²) >= 11 is 0. The lowest BCUT2D eigenvalue weighted by molar-refractivity contribution is 0.332. The Morgan fingerprint density at radius 3 is 2.43 bits per heavy atom. The van der Waals surface area contributed by atoms with Crippen LogP contribution >= 0.6 is 0 Å². The zero-order chi connectivity index (χ0) is 14.9. The molecule has 3 heteroatoms. The minimum Gasteiger partial charge on any atom is -0.494 e. The summed E-state index contributed by atoms with van der Waals surface area (Å²) in [6, 6.07) is 16.2. The molecule has 0 spiro atoms. The highest BCUT2D eigenvalue weighted by Gasteiger charge is 1.97. The molecule has 0 aliphatic rings. The van der Waals surface area contributed by atoms with Crippen LogP contribution in [-0.4, -0.2) is 19.8 Å². The molecule has 112 valence electrons. The van der Waals surface area contributed by atoms with Gasteiger partial charge in [-0.25, -0.2) is 0 Å². The normalized spacial score (nSPS) is 10.2. The van der Waals surface area contributed by atoms with Gasteiger partial charge in [0.05, 0.1) is 6.61 Å². The Bertz CT molecular complexity index is 537. The Hall–Kier alpha value is -2.16. The smallest absolute Gasteiger partial charge is 0.121 e. The third-order valence-corrected chi connectivity index (χ3v) is 3.18. The van der Waals surface area contributed by atoms with E-state index in [0.29, 0.717) is 13.2 Å². The molecule has 0 saturated carbocycles. The average molecular weight is 285 g/mol. The van der Waals surface area contributed by atoms with Gasteiger partial charge in [-0.3, -0.25) is 0 Å². The van der Waals surface area contributed by atoms with Crippen LogP contribution in [0, 0.1) is 0 Å². The van der Waals surface area contributed by atoms with Crippen LogP contribution in [0.25, 0.3) is 0 Å². The van der Waals surface area contributed by atoms with Crippen LogP contribution in [0.5, 0.6) is 11.5 Å². The SMILES string of the molecule is CCOc1cccc(NCCOc2ccc(CC)cc2)c1. The molecule has 3 nitrogen and oxygen atoms in total. The number of hydrogen-bond donors (Lipinski definition) is 1. The second kappa shape index (κ2) is 8.20. The fourth-order valence-corrected chi connectivity index (χ4v) is 2.05. The van der Waals surface area contributed by atoms with Gasteiger partial charge in [0.1, 0.15) is 18.1 Å². The molecule has 0 unspecified atom stereocenters. The lowest BCUT2D eigenvalue weighted by Gasteiger charge is -2.10. The van der Waals surface area contributed by atoms with E-state index in [2.05, 4.69) is 24.4 Å². The molecule has 0 aromatic heterocycles. The van der Waals surface area contributed by atoms with Crippen molar-refractivity contribution in [2.45, 2.75) is 20.3 Å². The first-order chi connectivity index (χ1) is 10.3. The predicted molar refractivity (Wildman–Crippen MR) is 87.4 cm³/mol. The summed E-state index contributed by atoms with van der Waals surface area (Å²) in [5.74, 6) is 1.80. The van der Waals surface area contributed by atoms with Crippen LogP contribution < -0.4 is 14.8 Å². The zero-order valence-electron chi connectivity index (χ0n) is 12.8. The van der Waals surface area contributed by atoms with Gasteiger partial charge >= 0.3 is 0 Å². The van der Waals surface area contributed by atoms with E-state index in [4.69, 9.17) is 9.47 Å². The number of ether oxygens (including phenoxy) is 2. The first kappa shape index (κ1) is 15.2. The largest absolute Gasteiger partial charge is 0.494 e. The minimum absolute atomic E-state index is 0.629. The highest BCUT2D eigenvalue weighted by atomic mass is 16.5. The molecule has 0 aliphatic carbocycles. The van der Waals surface area contributed by atoms with E-state index in [9.17, 15) is 0 Å². The van der Waals surface area contributed by atoms with Crippen LogP contribution in [0.3, 0.4) is 0 Å². The number of hydrogen-bond acceptors (Lipinski definition) is 3. The molecule has 1 N–H and O–H groups in total. The Labute approximate surface area is 126 Å². The fourth-order valence-electron chi connectivity index (χ4n) is 2.05. The lowest BCUT2D eigenvalue weighted by atomic mass is 10.2. The second-order valence-electron chi connectivity index (χ2n) is 4.73. The summed E-state index contributed by atoms with van der Waals surface area (Å²) in [5, 5.41) is 3.33. The molecule has 0 bridgehead atoms. The molecular weight excluding hydrogens is 262 g/mol. The van der Waals surface area contributed by atoms with Crippen molar-refractivity contribution in [2.75, 3.05) is 25.1 Å². The van der Waals surface area contributed by atoms with Crippen molar-refractivity contribution in [3.8, 4) is 11.5 Å². The Morgan fingerprint density at radius 2 is 1.71 bits per heavy atom. The molecule has 0 heterocycles. The third-order valence-electron chi connectivity index (χ3n) is 3.18. The molecule has 0 amide bonds. The van der Waals surface area contributed by atoms with E-state index >= 15 is 0 Å². The highest BCUT2D eigenvalue weighted by molar-refractivity contribution is 5.48. The highest BCUT2D eigenvalue weighted by Crippen LogP contribution is 2.17. The van der Waals surface area contributed by atoms with Crippen LogP contribution in [0.15, 0.2) is 48.5 Å². The molecule has 21 heavy (non-hydrogen) atoms. The summed E-state index contributed by atoms with van der Waals surface area (Å²) in [6.07, 6.45) is 1.05. The van der Waals surface area contributed by atoms with E-state index in [0.717, 1.165) is 30.2 Å².